The molecule has 2 heterocycles. The lowest BCUT2D eigenvalue weighted by molar-refractivity contribution is -0.140. The summed E-state index contributed by atoms with van der Waals surface area (Å²) in [6.07, 6.45) is 0.724. The van der Waals surface area contributed by atoms with Crippen LogP contribution in [0.25, 0.3) is 5.76 Å². The molecule has 1 saturated heterocycles. The number of esters is 1. The first-order chi connectivity index (χ1) is 15.8. The van der Waals surface area contributed by atoms with Crippen LogP contribution in [0.15, 0.2) is 48.0 Å². The Balaban J connectivity index is 1.80. The maximum absolute atomic E-state index is 13.0. The number of amides is 1. The number of aliphatic hydroxyl groups excluding tert-OH is 1. The van der Waals surface area contributed by atoms with Gasteiger partial charge in [0, 0.05) is 25.6 Å². The summed E-state index contributed by atoms with van der Waals surface area (Å²) in [5.41, 5.74) is 2.28. The summed E-state index contributed by atoms with van der Waals surface area (Å²) in [6.45, 7) is 2.34. The minimum atomic E-state index is -0.824. The van der Waals surface area contributed by atoms with Crippen molar-refractivity contribution in [1.29, 1.82) is 0 Å². The van der Waals surface area contributed by atoms with Crippen molar-refractivity contribution in [2.45, 2.75) is 25.5 Å². The number of likely N-dealkylation sites (tertiary alicyclic amines) is 1. The Bertz CT molecular complexity index is 1140. The molecule has 1 fully saturated rings. The molecule has 8 heteroatoms. The largest absolute Gasteiger partial charge is 0.507 e. The van der Waals surface area contributed by atoms with Crippen LogP contribution in [-0.2, 0) is 25.5 Å². The molecular formula is C25H25NO7. The smallest absolute Gasteiger partial charge is 0.337 e. The number of nitrogens with zero attached hydrogens (tertiary/aromatic N) is 1. The number of fused-ring (bicyclic) bond motifs is 1. The lowest BCUT2D eigenvalue weighted by atomic mass is 9.94. The van der Waals surface area contributed by atoms with Gasteiger partial charge in [0.1, 0.15) is 17.6 Å². The van der Waals surface area contributed by atoms with E-state index < -0.39 is 23.7 Å². The minimum absolute atomic E-state index is 0.00571. The molecule has 2 aromatic rings. The Labute approximate surface area is 191 Å². The molecule has 0 saturated carbocycles. The molecule has 172 valence electrons. The molecule has 0 spiro atoms. The molecule has 0 aliphatic carbocycles. The van der Waals surface area contributed by atoms with Crippen LogP contribution in [-0.4, -0.2) is 61.1 Å². The van der Waals surface area contributed by atoms with Crippen LogP contribution in [0.4, 0.5) is 0 Å². The van der Waals surface area contributed by atoms with Crippen LogP contribution in [0.1, 0.15) is 40.0 Å². The zero-order valence-corrected chi connectivity index (χ0v) is 18.7. The van der Waals surface area contributed by atoms with E-state index in [1.807, 2.05) is 6.92 Å². The first-order valence-electron chi connectivity index (χ1n) is 10.6. The third-order valence-corrected chi connectivity index (χ3v) is 5.89. The van der Waals surface area contributed by atoms with E-state index in [0.717, 1.165) is 11.3 Å². The van der Waals surface area contributed by atoms with Gasteiger partial charge >= 0.3 is 5.97 Å². The first kappa shape index (κ1) is 22.5. The lowest BCUT2D eigenvalue weighted by Gasteiger charge is -2.25. The number of rotatable bonds is 6. The van der Waals surface area contributed by atoms with E-state index in [1.165, 1.54) is 19.1 Å². The third-order valence-electron chi connectivity index (χ3n) is 5.89. The lowest BCUT2D eigenvalue weighted by Crippen LogP contribution is -2.32. The van der Waals surface area contributed by atoms with Crippen LogP contribution in [0, 0.1) is 0 Å². The van der Waals surface area contributed by atoms with Gasteiger partial charge in [-0.3, -0.25) is 9.59 Å². The molecule has 0 radical (unpaired) electrons. The molecule has 8 nitrogen and oxygen atoms in total. The number of methoxy groups -OCH3 is 2. The molecule has 0 bridgehead atoms. The second-order valence-corrected chi connectivity index (χ2v) is 8.05. The van der Waals surface area contributed by atoms with Gasteiger partial charge < -0.3 is 24.2 Å². The zero-order chi connectivity index (χ0) is 23.7. The number of ketones is 1. The van der Waals surface area contributed by atoms with E-state index in [2.05, 4.69) is 0 Å². The van der Waals surface area contributed by atoms with E-state index in [9.17, 15) is 19.5 Å². The number of aliphatic hydroxyl groups is 1. The number of hydrogen-bond acceptors (Lipinski definition) is 7. The molecule has 1 amide bonds. The second-order valence-electron chi connectivity index (χ2n) is 8.05. The fraction of sp³-hybridized carbons (Fsp3) is 0.320. The topological polar surface area (TPSA) is 102 Å². The van der Waals surface area contributed by atoms with Crippen molar-refractivity contribution in [3.63, 3.8) is 0 Å². The van der Waals surface area contributed by atoms with Gasteiger partial charge in [-0.25, -0.2) is 4.79 Å². The maximum Gasteiger partial charge on any atom is 0.337 e. The highest BCUT2D eigenvalue weighted by atomic mass is 16.5. The minimum Gasteiger partial charge on any atom is -0.507 e. The Morgan fingerprint density at radius 2 is 1.82 bits per heavy atom. The molecule has 2 aromatic carbocycles. The summed E-state index contributed by atoms with van der Waals surface area (Å²) in [6, 6.07) is 10.8. The van der Waals surface area contributed by atoms with Crippen LogP contribution >= 0.6 is 0 Å². The van der Waals surface area contributed by atoms with Gasteiger partial charge in [0.15, 0.2) is 0 Å². The van der Waals surface area contributed by atoms with Crippen molar-refractivity contribution in [1.82, 2.24) is 4.90 Å². The Morgan fingerprint density at radius 1 is 1.12 bits per heavy atom. The summed E-state index contributed by atoms with van der Waals surface area (Å²) in [5.74, 6) is -1.48. The molecule has 0 unspecified atom stereocenters. The van der Waals surface area contributed by atoms with E-state index in [1.54, 1.807) is 42.5 Å². The zero-order valence-electron chi connectivity index (χ0n) is 18.7. The quantitative estimate of drug-likeness (QED) is 0.312. The molecule has 2 aliphatic heterocycles. The summed E-state index contributed by atoms with van der Waals surface area (Å²) in [4.78, 5) is 39.1. The third kappa shape index (κ3) is 4.09. The highest BCUT2D eigenvalue weighted by Gasteiger charge is 2.46. The van der Waals surface area contributed by atoms with Gasteiger partial charge in [-0.05, 0) is 48.4 Å². The monoisotopic (exact) mass is 451 g/mol. The summed E-state index contributed by atoms with van der Waals surface area (Å²) >= 11 is 0. The van der Waals surface area contributed by atoms with Crippen molar-refractivity contribution in [3.05, 3.63) is 70.3 Å². The van der Waals surface area contributed by atoms with Crippen molar-refractivity contribution >= 4 is 23.4 Å². The second kappa shape index (κ2) is 9.07. The van der Waals surface area contributed by atoms with Gasteiger partial charge in [0.05, 0.1) is 30.9 Å². The van der Waals surface area contributed by atoms with Gasteiger partial charge in [-0.15, -0.1) is 0 Å². The van der Waals surface area contributed by atoms with E-state index in [-0.39, 0.29) is 30.6 Å². The highest BCUT2D eigenvalue weighted by molar-refractivity contribution is 6.46. The highest BCUT2D eigenvalue weighted by Crippen LogP contribution is 2.40. The van der Waals surface area contributed by atoms with Gasteiger partial charge in [0.25, 0.3) is 11.7 Å². The maximum atomic E-state index is 13.0. The summed E-state index contributed by atoms with van der Waals surface area (Å²) in [5, 5.41) is 11.2. The SMILES string of the molecule is COCCN1C(=O)C(=O)C(=C(O)c2ccc3c(c2)C[C@@H](C)O3)[C@@H]1c1ccc(C(=O)OC)cc1. The Hall–Kier alpha value is -3.65. The number of ether oxygens (including phenoxy) is 3. The molecular weight excluding hydrogens is 426 g/mol. The van der Waals surface area contributed by atoms with Gasteiger partial charge in [-0.1, -0.05) is 12.1 Å². The van der Waals surface area contributed by atoms with Gasteiger partial charge in [0.2, 0.25) is 0 Å². The van der Waals surface area contributed by atoms with Crippen molar-refractivity contribution < 1.29 is 33.7 Å². The molecule has 33 heavy (non-hydrogen) atoms. The van der Waals surface area contributed by atoms with Crippen LogP contribution in [0.3, 0.4) is 0 Å². The molecule has 1 N–H and O–H groups in total. The first-order valence-corrected chi connectivity index (χ1v) is 10.6. The van der Waals surface area contributed by atoms with E-state index in [0.29, 0.717) is 23.1 Å². The fourth-order valence-corrected chi connectivity index (χ4v) is 4.29. The Morgan fingerprint density at radius 3 is 2.48 bits per heavy atom. The molecule has 4 rings (SSSR count). The van der Waals surface area contributed by atoms with Crippen molar-refractivity contribution in [2.75, 3.05) is 27.4 Å². The molecule has 2 atom stereocenters. The van der Waals surface area contributed by atoms with Crippen LogP contribution in [0.5, 0.6) is 5.75 Å². The van der Waals surface area contributed by atoms with Crippen molar-refractivity contribution in [3.8, 4) is 5.75 Å². The molecule has 2 aliphatic rings. The number of benzene rings is 2. The molecule has 0 aromatic heterocycles. The fourth-order valence-electron chi connectivity index (χ4n) is 4.29. The van der Waals surface area contributed by atoms with E-state index >= 15 is 0 Å². The number of carbonyl (C=O) groups excluding carboxylic acids is 3. The van der Waals surface area contributed by atoms with Gasteiger partial charge in [-0.2, -0.15) is 0 Å². The standard InChI is InChI=1S/C25H25NO7/c1-14-12-18-13-17(8-9-19(18)33-14)22(27)20-21(26(10-11-31-2)24(29)23(20)28)15-4-6-16(7-5-15)25(30)32-3/h4-9,13-14,21,27H,10-12H2,1-3H3/t14-,21+/m1/s1. The number of Topliss-reactive ketones (excluding diaryl/α,β-unsaturated/α-hetero) is 1. The predicted octanol–water partition coefficient (Wildman–Crippen LogP) is 2.86. The van der Waals surface area contributed by atoms with E-state index in [4.69, 9.17) is 14.2 Å². The average molecular weight is 451 g/mol. The van der Waals surface area contributed by atoms with Crippen LogP contribution in [0.2, 0.25) is 0 Å². The predicted molar refractivity (Wildman–Crippen MR) is 119 cm³/mol. The summed E-state index contributed by atoms with van der Waals surface area (Å²) < 4.78 is 15.6. The van der Waals surface area contributed by atoms with Crippen molar-refractivity contribution in [2.24, 2.45) is 0 Å². The number of carbonyl (C=O) groups is 3. The average Bonchev–Trinajstić information content (AvgIpc) is 3.32. The Kier molecular flexibility index (Phi) is 6.20. The normalized spacial score (nSPS) is 21.1. The summed E-state index contributed by atoms with van der Waals surface area (Å²) in [7, 11) is 2.79. The number of hydrogen-bond donors (Lipinski definition) is 1. The van der Waals surface area contributed by atoms with Crippen LogP contribution < -0.4 is 4.74 Å².